The van der Waals surface area contributed by atoms with Gasteiger partial charge in [0, 0.05) is 0 Å². The van der Waals surface area contributed by atoms with E-state index < -0.39 is 5.97 Å². The van der Waals surface area contributed by atoms with Crippen molar-refractivity contribution in [3.05, 3.63) is 35.4 Å². The molecule has 0 radical (unpaired) electrons. The van der Waals surface area contributed by atoms with E-state index in [9.17, 15) is 15.0 Å². The van der Waals surface area contributed by atoms with Gasteiger partial charge in [0.15, 0.2) is 0 Å². The molecule has 1 aliphatic carbocycles. The molecule has 0 spiro atoms. The van der Waals surface area contributed by atoms with E-state index in [2.05, 4.69) is 6.92 Å². The molecule has 0 amide bonds. The quantitative estimate of drug-likeness (QED) is 0.870. The number of phenols is 1. The van der Waals surface area contributed by atoms with Crippen LogP contribution in [0.25, 0.3) is 5.57 Å². The zero-order valence-corrected chi connectivity index (χ0v) is 13.2. The molecule has 2 N–H and O–H groups in total. The van der Waals surface area contributed by atoms with E-state index in [4.69, 9.17) is 0 Å². The van der Waals surface area contributed by atoms with Crippen molar-refractivity contribution in [2.45, 2.75) is 40.5 Å². The molecule has 0 heterocycles. The molecule has 1 aromatic rings. The molecule has 0 bridgehead atoms. The molecule has 0 aliphatic heterocycles. The van der Waals surface area contributed by atoms with Crippen molar-refractivity contribution in [2.24, 2.45) is 17.3 Å². The van der Waals surface area contributed by atoms with Crippen molar-refractivity contribution in [3.63, 3.8) is 0 Å². The Hall–Kier alpha value is -1.77. The molecular formula is C18H24O3. The van der Waals surface area contributed by atoms with Crippen LogP contribution < -0.4 is 0 Å². The van der Waals surface area contributed by atoms with Gasteiger partial charge in [0.2, 0.25) is 0 Å². The van der Waals surface area contributed by atoms with Crippen LogP contribution in [0.3, 0.4) is 0 Å². The summed E-state index contributed by atoms with van der Waals surface area (Å²) in [6.07, 6.45) is 1.61. The lowest BCUT2D eigenvalue weighted by Gasteiger charge is -2.43. The van der Waals surface area contributed by atoms with Gasteiger partial charge in [-0.25, -0.2) is 0 Å². The van der Waals surface area contributed by atoms with Crippen molar-refractivity contribution >= 4 is 11.5 Å². The highest BCUT2D eigenvalue weighted by Gasteiger charge is 2.44. The van der Waals surface area contributed by atoms with E-state index in [1.807, 2.05) is 32.9 Å². The van der Waals surface area contributed by atoms with Crippen LogP contribution in [0.5, 0.6) is 5.75 Å². The summed E-state index contributed by atoms with van der Waals surface area (Å²) < 4.78 is 0. The fraction of sp³-hybridized carbons (Fsp3) is 0.500. The predicted molar refractivity (Wildman–Crippen MR) is 84.0 cm³/mol. The highest BCUT2D eigenvalue weighted by Crippen LogP contribution is 2.50. The number of hydrogen-bond acceptors (Lipinski definition) is 2. The lowest BCUT2D eigenvalue weighted by molar-refractivity contribution is -0.148. The Morgan fingerprint density at radius 3 is 2.33 bits per heavy atom. The fourth-order valence-electron chi connectivity index (χ4n) is 3.87. The largest absolute Gasteiger partial charge is 0.508 e. The first kappa shape index (κ1) is 15.6. The monoisotopic (exact) mass is 288 g/mol. The van der Waals surface area contributed by atoms with E-state index in [-0.39, 0.29) is 23.0 Å². The second-order valence-electron chi connectivity index (χ2n) is 6.67. The third kappa shape index (κ3) is 2.82. The number of carboxylic acids is 1. The van der Waals surface area contributed by atoms with Gasteiger partial charge in [0.25, 0.3) is 0 Å². The fourth-order valence-corrected chi connectivity index (χ4v) is 3.87. The van der Waals surface area contributed by atoms with Gasteiger partial charge in [-0.3, -0.25) is 4.79 Å². The summed E-state index contributed by atoms with van der Waals surface area (Å²) in [6.45, 7) is 8.19. The first-order chi connectivity index (χ1) is 9.77. The summed E-state index contributed by atoms with van der Waals surface area (Å²) in [4.78, 5) is 11.7. The molecule has 0 fully saturated rings. The van der Waals surface area contributed by atoms with Crippen molar-refractivity contribution < 1.29 is 15.0 Å². The van der Waals surface area contributed by atoms with Gasteiger partial charge in [-0.15, -0.1) is 0 Å². The topological polar surface area (TPSA) is 57.5 Å². The minimum absolute atomic E-state index is 0.0278. The van der Waals surface area contributed by atoms with Crippen molar-refractivity contribution in [2.75, 3.05) is 0 Å². The standard InChI is InChI=1S/C18H24O3/c1-5-14-11(2)16(17(20)21)18(3,4)10-15(14)12-6-8-13(19)9-7-12/h6-9,11,16,19H,5,10H2,1-4H3,(H,20,21)/t11-,16-/m0/s1. The number of hydrogen-bond donors (Lipinski definition) is 2. The minimum Gasteiger partial charge on any atom is -0.508 e. The van der Waals surface area contributed by atoms with E-state index in [1.165, 1.54) is 11.1 Å². The third-order valence-electron chi connectivity index (χ3n) is 4.77. The van der Waals surface area contributed by atoms with Crippen molar-refractivity contribution in [1.29, 1.82) is 0 Å². The molecule has 0 aromatic heterocycles. The molecule has 0 saturated heterocycles. The van der Waals surface area contributed by atoms with Crippen LogP contribution in [0.4, 0.5) is 0 Å². The Kier molecular flexibility index (Phi) is 4.13. The van der Waals surface area contributed by atoms with E-state index >= 15 is 0 Å². The van der Waals surface area contributed by atoms with Gasteiger partial charge in [0.05, 0.1) is 5.92 Å². The summed E-state index contributed by atoms with van der Waals surface area (Å²) in [5, 5.41) is 19.0. The highest BCUT2D eigenvalue weighted by molar-refractivity contribution is 5.78. The maximum Gasteiger partial charge on any atom is 0.307 e. The molecule has 114 valence electrons. The van der Waals surface area contributed by atoms with Gasteiger partial charge in [-0.05, 0) is 47.4 Å². The van der Waals surface area contributed by atoms with Crippen molar-refractivity contribution in [3.8, 4) is 5.75 Å². The second-order valence-corrected chi connectivity index (χ2v) is 6.67. The van der Waals surface area contributed by atoms with Crippen LogP contribution in [0.2, 0.25) is 0 Å². The number of phenolic OH excluding ortho intramolecular Hbond substituents is 1. The molecule has 3 heteroatoms. The Bertz CT molecular complexity index is 567. The number of carboxylic acid groups (broad SMARTS) is 1. The molecule has 1 aliphatic rings. The summed E-state index contributed by atoms with van der Waals surface area (Å²) >= 11 is 0. The molecule has 3 nitrogen and oxygen atoms in total. The first-order valence-corrected chi connectivity index (χ1v) is 7.52. The zero-order chi connectivity index (χ0) is 15.8. The lowest BCUT2D eigenvalue weighted by Crippen LogP contribution is -2.40. The summed E-state index contributed by atoms with van der Waals surface area (Å²) in [6, 6.07) is 7.22. The number of allylic oxidation sites excluding steroid dienone is 2. The summed E-state index contributed by atoms with van der Waals surface area (Å²) in [5.41, 5.74) is 3.28. The molecule has 1 aromatic carbocycles. The van der Waals surface area contributed by atoms with Crippen LogP contribution in [0.15, 0.2) is 29.8 Å². The third-order valence-corrected chi connectivity index (χ3v) is 4.77. The first-order valence-electron chi connectivity index (χ1n) is 7.52. The summed E-state index contributed by atoms with van der Waals surface area (Å²) in [7, 11) is 0. The van der Waals surface area contributed by atoms with Crippen LogP contribution in [0, 0.1) is 17.3 Å². The zero-order valence-electron chi connectivity index (χ0n) is 13.2. The number of benzene rings is 1. The smallest absolute Gasteiger partial charge is 0.307 e. The number of rotatable bonds is 3. The Balaban J connectivity index is 2.55. The number of aliphatic carboxylic acids is 1. The lowest BCUT2D eigenvalue weighted by atomic mass is 9.60. The van der Waals surface area contributed by atoms with Gasteiger partial charge in [0.1, 0.15) is 5.75 Å². The maximum atomic E-state index is 11.7. The Labute approximate surface area is 126 Å². The highest BCUT2D eigenvalue weighted by atomic mass is 16.4. The van der Waals surface area contributed by atoms with Gasteiger partial charge in [-0.1, -0.05) is 45.4 Å². The van der Waals surface area contributed by atoms with Crippen molar-refractivity contribution in [1.82, 2.24) is 0 Å². The molecule has 2 atom stereocenters. The molecular weight excluding hydrogens is 264 g/mol. The Morgan fingerprint density at radius 1 is 1.29 bits per heavy atom. The van der Waals surface area contributed by atoms with Crippen LogP contribution in [-0.4, -0.2) is 16.2 Å². The second kappa shape index (κ2) is 5.55. The number of aromatic hydroxyl groups is 1. The Morgan fingerprint density at radius 2 is 1.86 bits per heavy atom. The molecule has 2 rings (SSSR count). The van der Waals surface area contributed by atoms with E-state index in [0.29, 0.717) is 0 Å². The predicted octanol–water partition coefficient (Wildman–Crippen LogP) is 4.32. The van der Waals surface area contributed by atoms with E-state index in [0.717, 1.165) is 18.4 Å². The summed E-state index contributed by atoms with van der Waals surface area (Å²) in [5.74, 6) is -0.777. The molecule has 0 saturated carbocycles. The van der Waals surface area contributed by atoms with Gasteiger partial charge < -0.3 is 10.2 Å². The van der Waals surface area contributed by atoms with Gasteiger partial charge in [-0.2, -0.15) is 0 Å². The van der Waals surface area contributed by atoms with E-state index in [1.54, 1.807) is 12.1 Å². The average molecular weight is 288 g/mol. The molecule has 21 heavy (non-hydrogen) atoms. The van der Waals surface area contributed by atoms with Crippen LogP contribution >= 0.6 is 0 Å². The molecule has 0 unspecified atom stereocenters. The minimum atomic E-state index is -0.705. The SMILES string of the molecule is CCC1=C(c2ccc(O)cc2)CC(C)(C)[C@H](C(=O)O)[C@H]1C. The number of carbonyl (C=O) groups is 1. The average Bonchev–Trinajstić information content (AvgIpc) is 2.37. The normalized spacial score (nSPS) is 25.0. The van der Waals surface area contributed by atoms with Crippen LogP contribution in [0.1, 0.15) is 46.1 Å². The van der Waals surface area contributed by atoms with Gasteiger partial charge >= 0.3 is 5.97 Å². The van der Waals surface area contributed by atoms with Crippen LogP contribution in [-0.2, 0) is 4.79 Å². The maximum absolute atomic E-state index is 11.7.